The molecule has 2 amide bonds. The van der Waals surface area contributed by atoms with Crippen LogP contribution in [0.3, 0.4) is 0 Å². The van der Waals surface area contributed by atoms with Gasteiger partial charge < -0.3 is 15.5 Å². The third-order valence-electron chi connectivity index (χ3n) is 2.60. The Morgan fingerprint density at radius 1 is 1.14 bits per heavy atom. The molecule has 3 N–H and O–H groups in total. The summed E-state index contributed by atoms with van der Waals surface area (Å²) < 4.78 is 5.28. The van der Waals surface area contributed by atoms with Crippen molar-refractivity contribution in [3.63, 3.8) is 0 Å². The third kappa shape index (κ3) is 4.55. The normalized spacial score (nSPS) is 9.52. The van der Waals surface area contributed by atoms with E-state index >= 15 is 0 Å². The zero-order chi connectivity index (χ0) is 15.1. The zero-order valence-corrected chi connectivity index (χ0v) is 11.3. The van der Waals surface area contributed by atoms with E-state index in [9.17, 15) is 9.59 Å². The van der Waals surface area contributed by atoms with E-state index in [0.29, 0.717) is 12.2 Å². The van der Waals surface area contributed by atoms with Gasteiger partial charge in [0.1, 0.15) is 0 Å². The van der Waals surface area contributed by atoms with E-state index in [2.05, 4.69) is 17.2 Å². The SMILES string of the molecule is NC(=O)CNC(=O)c1ccc(C#CCc2ccccc2)o1. The van der Waals surface area contributed by atoms with Crippen molar-refractivity contribution in [2.24, 2.45) is 5.73 Å². The molecule has 2 aromatic rings. The van der Waals surface area contributed by atoms with E-state index in [4.69, 9.17) is 10.2 Å². The molecule has 0 fully saturated rings. The number of nitrogens with one attached hydrogen (secondary N) is 1. The molecule has 0 bridgehead atoms. The van der Waals surface area contributed by atoms with Crippen LogP contribution in [0, 0.1) is 11.8 Å². The molecule has 0 aliphatic heterocycles. The van der Waals surface area contributed by atoms with E-state index in [1.54, 1.807) is 6.07 Å². The maximum atomic E-state index is 11.6. The van der Waals surface area contributed by atoms with Crippen LogP contribution in [-0.2, 0) is 11.2 Å². The Balaban J connectivity index is 1.94. The standard InChI is InChI=1S/C16H14N2O3/c17-15(19)11-18-16(20)14-10-9-13(21-14)8-4-7-12-5-2-1-3-6-12/h1-3,5-6,9-10H,7,11H2,(H2,17,19)(H,18,20). The van der Waals surface area contributed by atoms with Gasteiger partial charge in [-0.05, 0) is 23.6 Å². The summed E-state index contributed by atoms with van der Waals surface area (Å²) in [6.45, 7) is -0.228. The highest BCUT2D eigenvalue weighted by Gasteiger charge is 2.10. The summed E-state index contributed by atoms with van der Waals surface area (Å²) >= 11 is 0. The zero-order valence-electron chi connectivity index (χ0n) is 11.3. The molecule has 1 heterocycles. The Morgan fingerprint density at radius 2 is 1.90 bits per heavy atom. The van der Waals surface area contributed by atoms with Gasteiger partial charge in [0.2, 0.25) is 5.91 Å². The largest absolute Gasteiger partial charge is 0.443 e. The summed E-state index contributed by atoms with van der Waals surface area (Å²) in [5.41, 5.74) is 6.05. The molecule has 0 saturated carbocycles. The van der Waals surface area contributed by atoms with E-state index in [1.165, 1.54) is 6.07 Å². The maximum Gasteiger partial charge on any atom is 0.287 e. The van der Waals surface area contributed by atoms with Crippen LogP contribution in [0.4, 0.5) is 0 Å². The molecular formula is C16H14N2O3. The first kappa shape index (κ1) is 14.4. The molecular weight excluding hydrogens is 268 g/mol. The third-order valence-corrected chi connectivity index (χ3v) is 2.60. The number of hydrogen-bond donors (Lipinski definition) is 2. The molecule has 0 aliphatic rings. The number of benzene rings is 1. The van der Waals surface area contributed by atoms with Crippen molar-refractivity contribution in [1.82, 2.24) is 5.32 Å². The molecule has 5 nitrogen and oxygen atoms in total. The lowest BCUT2D eigenvalue weighted by Crippen LogP contribution is -2.33. The highest BCUT2D eigenvalue weighted by molar-refractivity contribution is 5.94. The van der Waals surface area contributed by atoms with Crippen LogP contribution in [0.25, 0.3) is 0 Å². The molecule has 0 radical (unpaired) electrons. The number of nitrogens with two attached hydrogens (primary N) is 1. The quantitative estimate of drug-likeness (QED) is 0.823. The number of furan rings is 1. The molecule has 1 aromatic heterocycles. The molecule has 0 spiro atoms. The van der Waals surface area contributed by atoms with E-state index < -0.39 is 11.8 Å². The van der Waals surface area contributed by atoms with Gasteiger partial charge >= 0.3 is 0 Å². The summed E-state index contributed by atoms with van der Waals surface area (Å²) in [5.74, 6) is 5.20. The average molecular weight is 282 g/mol. The predicted octanol–water partition coefficient (Wildman–Crippen LogP) is 1.09. The minimum atomic E-state index is -0.613. The second-order valence-corrected chi connectivity index (χ2v) is 4.28. The first-order valence-corrected chi connectivity index (χ1v) is 6.34. The highest BCUT2D eigenvalue weighted by Crippen LogP contribution is 2.06. The topological polar surface area (TPSA) is 85.3 Å². The number of rotatable bonds is 4. The van der Waals surface area contributed by atoms with Crippen LogP contribution in [0.15, 0.2) is 46.9 Å². The molecule has 5 heteroatoms. The van der Waals surface area contributed by atoms with Crippen molar-refractivity contribution in [3.8, 4) is 11.8 Å². The minimum Gasteiger partial charge on any atom is -0.443 e. The molecule has 1 aromatic carbocycles. The number of carbonyl (C=O) groups is 2. The minimum absolute atomic E-state index is 0.0975. The number of primary amides is 1. The summed E-state index contributed by atoms with van der Waals surface area (Å²) in [7, 11) is 0. The Labute approximate surface area is 122 Å². The van der Waals surface area contributed by atoms with Crippen molar-refractivity contribution in [3.05, 3.63) is 59.5 Å². The molecule has 21 heavy (non-hydrogen) atoms. The molecule has 106 valence electrons. The van der Waals surface area contributed by atoms with Crippen LogP contribution in [0.2, 0.25) is 0 Å². The van der Waals surface area contributed by atoms with Crippen molar-refractivity contribution in [1.29, 1.82) is 0 Å². The summed E-state index contributed by atoms with van der Waals surface area (Å²) in [6, 6.07) is 12.9. The fraction of sp³-hybridized carbons (Fsp3) is 0.125. The number of amides is 2. The van der Waals surface area contributed by atoms with Gasteiger partial charge in [0.15, 0.2) is 11.5 Å². The molecule has 0 unspecified atom stereocenters. The lowest BCUT2D eigenvalue weighted by Gasteiger charge is -1.98. The van der Waals surface area contributed by atoms with Crippen LogP contribution in [0.1, 0.15) is 21.9 Å². The Kier molecular flexibility index (Phi) is 4.78. The number of carbonyl (C=O) groups excluding carboxylic acids is 2. The summed E-state index contributed by atoms with van der Waals surface area (Å²) in [5, 5.41) is 2.34. The molecule has 0 atom stereocenters. The monoisotopic (exact) mass is 282 g/mol. The van der Waals surface area contributed by atoms with Gasteiger partial charge in [0, 0.05) is 6.42 Å². The van der Waals surface area contributed by atoms with Gasteiger partial charge in [-0.3, -0.25) is 9.59 Å². The van der Waals surface area contributed by atoms with Crippen LogP contribution in [-0.4, -0.2) is 18.4 Å². The smallest absolute Gasteiger partial charge is 0.287 e. The van der Waals surface area contributed by atoms with Gasteiger partial charge in [-0.2, -0.15) is 0 Å². The van der Waals surface area contributed by atoms with Crippen molar-refractivity contribution >= 4 is 11.8 Å². The summed E-state index contributed by atoms with van der Waals surface area (Å²) in [4.78, 5) is 22.2. The first-order valence-electron chi connectivity index (χ1n) is 6.34. The molecule has 0 aliphatic carbocycles. The van der Waals surface area contributed by atoms with E-state index in [0.717, 1.165) is 5.56 Å². The van der Waals surface area contributed by atoms with Gasteiger partial charge in [0.25, 0.3) is 5.91 Å². The van der Waals surface area contributed by atoms with E-state index in [1.807, 2.05) is 30.3 Å². The molecule has 0 saturated heterocycles. The van der Waals surface area contributed by atoms with Crippen LogP contribution >= 0.6 is 0 Å². The lowest BCUT2D eigenvalue weighted by molar-refractivity contribution is -0.117. The maximum absolute atomic E-state index is 11.6. The van der Waals surface area contributed by atoms with Gasteiger partial charge in [-0.1, -0.05) is 36.3 Å². The summed E-state index contributed by atoms with van der Waals surface area (Å²) in [6.07, 6.45) is 0.602. The van der Waals surface area contributed by atoms with Gasteiger partial charge in [-0.15, -0.1) is 0 Å². The number of hydrogen-bond acceptors (Lipinski definition) is 3. The second kappa shape index (κ2) is 6.96. The van der Waals surface area contributed by atoms with E-state index in [-0.39, 0.29) is 12.3 Å². The lowest BCUT2D eigenvalue weighted by atomic mass is 10.2. The molecule has 2 rings (SSSR count). The van der Waals surface area contributed by atoms with Crippen molar-refractivity contribution in [2.45, 2.75) is 6.42 Å². The Hall–Kier alpha value is -3.00. The van der Waals surface area contributed by atoms with Crippen LogP contribution < -0.4 is 11.1 Å². The average Bonchev–Trinajstić information content (AvgIpc) is 2.95. The fourth-order valence-corrected chi connectivity index (χ4v) is 1.61. The van der Waals surface area contributed by atoms with Crippen molar-refractivity contribution < 1.29 is 14.0 Å². The Bertz CT molecular complexity index is 693. The Morgan fingerprint density at radius 3 is 2.62 bits per heavy atom. The predicted molar refractivity (Wildman–Crippen MR) is 77.3 cm³/mol. The van der Waals surface area contributed by atoms with Crippen LogP contribution in [0.5, 0.6) is 0 Å². The highest BCUT2D eigenvalue weighted by atomic mass is 16.3. The second-order valence-electron chi connectivity index (χ2n) is 4.28. The first-order chi connectivity index (χ1) is 10.1. The van der Waals surface area contributed by atoms with Gasteiger partial charge in [0.05, 0.1) is 6.54 Å². The van der Waals surface area contributed by atoms with Gasteiger partial charge in [-0.25, -0.2) is 0 Å². The van der Waals surface area contributed by atoms with Crippen molar-refractivity contribution in [2.75, 3.05) is 6.54 Å². The fourth-order valence-electron chi connectivity index (χ4n) is 1.61.